The van der Waals surface area contributed by atoms with Gasteiger partial charge in [0.25, 0.3) is 0 Å². The molecule has 0 spiro atoms. The van der Waals surface area contributed by atoms with E-state index >= 15 is 0 Å². The summed E-state index contributed by atoms with van der Waals surface area (Å²) in [7, 11) is 0. The highest BCUT2D eigenvalue weighted by Gasteiger charge is 2.09. The van der Waals surface area contributed by atoms with Crippen molar-refractivity contribution in [2.75, 3.05) is 11.9 Å². The summed E-state index contributed by atoms with van der Waals surface area (Å²) in [6.45, 7) is 4.62. The van der Waals surface area contributed by atoms with E-state index in [4.69, 9.17) is 0 Å². The SMILES string of the molecule is CCNc1nc(-c2ccc(F)cc2C)ncc1Br. The van der Waals surface area contributed by atoms with Gasteiger partial charge in [0.15, 0.2) is 5.82 Å². The van der Waals surface area contributed by atoms with Crippen molar-refractivity contribution >= 4 is 21.7 Å². The van der Waals surface area contributed by atoms with Gasteiger partial charge in [-0.05, 0) is 53.5 Å². The number of anilines is 1. The zero-order valence-electron chi connectivity index (χ0n) is 10.2. The number of halogens is 2. The highest BCUT2D eigenvalue weighted by molar-refractivity contribution is 9.10. The van der Waals surface area contributed by atoms with Crippen molar-refractivity contribution in [3.63, 3.8) is 0 Å². The largest absolute Gasteiger partial charge is 0.369 e. The van der Waals surface area contributed by atoms with Gasteiger partial charge in [0.05, 0.1) is 4.47 Å². The van der Waals surface area contributed by atoms with E-state index in [9.17, 15) is 4.39 Å². The third-order valence-corrected chi connectivity index (χ3v) is 3.10. The van der Waals surface area contributed by atoms with Gasteiger partial charge in [0.1, 0.15) is 11.6 Å². The molecule has 18 heavy (non-hydrogen) atoms. The Morgan fingerprint density at radius 1 is 1.39 bits per heavy atom. The molecule has 0 unspecified atom stereocenters. The lowest BCUT2D eigenvalue weighted by molar-refractivity contribution is 0.627. The predicted molar refractivity (Wildman–Crippen MR) is 74.0 cm³/mol. The molecule has 5 heteroatoms. The van der Waals surface area contributed by atoms with Gasteiger partial charge in [0, 0.05) is 18.3 Å². The molecule has 0 atom stereocenters. The van der Waals surface area contributed by atoms with E-state index in [0.717, 1.165) is 28.0 Å². The Hall–Kier alpha value is -1.49. The number of nitrogens with one attached hydrogen (secondary N) is 1. The fourth-order valence-electron chi connectivity index (χ4n) is 1.67. The Kier molecular flexibility index (Phi) is 3.91. The van der Waals surface area contributed by atoms with E-state index in [2.05, 4.69) is 31.2 Å². The van der Waals surface area contributed by atoms with Crippen molar-refractivity contribution in [3.8, 4) is 11.4 Å². The Bertz CT molecular complexity index is 572. The quantitative estimate of drug-likeness (QED) is 0.937. The second-order valence-electron chi connectivity index (χ2n) is 3.88. The van der Waals surface area contributed by atoms with Crippen LogP contribution in [0.1, 0.15) is 12.5 Å². The van der Waals surface area contributed by atoms with Crippen molar-refractivity contribution in [3.05, 3.63) is 40.2 Å². The fraction of sp³-hybridized carbons (Fsp3) is 0.231. The Morgan fingerprint density at radius 2 is 2.17 bits per heavy atom. The molecule has 1 aromatic heterocycles. The van der Waals surface area contributed by atoms with E-state index in [0.29, 0.717) is 5.82 Å². The molecule has 0 saturated carbocycles. The van der Waals surface area contributed by atoms with Crippen molar-refractivity contribution in [2.45, 2.75) is 13.8 Å². The zero-order chi connectivity index (χ0) is 13.1. The second kappa shape index (κ2) is 5.44. The van der Waals surface area contributed by atoms with Crippen LogP contribution in [0.4, 0.5) is 10.2 Å². The highest BCUT2D eigenvalue weighted by atomic mass is 79.9. The zero-order valence-corrected chi connectivity index (χ0v) is 11.8. The van der Waals surface area contributed by atoms with Crippen LogP contribution in [0.15, 0.2) is 28.9 Å². The monoisotopic (exact) mass is 309 g/mol. The van der Waals surface area contributed by atoms with Gasteiger partial charge in [-0.15, -0.1) is 0 Å². The second-order valence-corrected chi connectivity index (χ2v) is 4.73. The first-order chi connectivity index (χ1) is 8.61. The summed E-state index contributed by atoms with van der Waals surface area (Å²) < 4.78 is 13.9. The number of aromatic nitrogens is 2. The smallest absolute Gasteiger partial charge is 0.161 e. The maximum atomic E-state index is 13.1. The molecule has 0 aliphatic heterocycles. The van der Waals surface area contributed by atoms with E-state index in [-0.39, 0.29) is 5.82 Å². The molecule has 94 valence electrons. The molecule has 1 aromatic carbocycles. The van der Waals surface area contributed by atoms with E-state index < -0.39 is 0 Å². The molecule has 0 aliphatic rings. The maximum absolute atomic E-state index is 13.1. The molecule has 1 N–H and O–H groups in total. The van der Waals surface area contributed by atoms with Gasteiger partial charge in [0.2, 0.25) is 0 Å². The van der Waals surface area contributed by atoms with Crippen molar-refractivity contribution in [2.24, 2.45) is 0 Å². The molecule has 1 heterocycles. The third-order valence-electron chi connectivity index (χ3n) is 2.52. The van der Waals surface area contributed by atoms with Crippen LogP contribution < -0.4 is 5.32 Å². The Labute approximate surface area is 114 Å². The molecule has 3 nitrogen and oxygen atoms in total. The summed E-state index contributed by atoms with van der Waals surface area (Å²) in [5.41, 5.74) is 1.66. The fourth-order valence-corrected chi connectivity index (χ4v) is 2.00. The van der Waals surface area contributed by atoms with Crippen molar-refractivity contribution < 1.29 is 4.39 Å². The standard InChI is InChI=1S/C13H13BrFN3/c1-3-16-13-11(14)7-17-12(18-13)10-5-4-9(15)6-8(10)2/h4-7H,3H2,1-2H3,(H,16,17,18). The molecule has 0 radical (unpaired) electrons. The molecule has 0 amide bonds. The lowest BCUT2D eigenvalue weighted by Crippen LogP contribution is -2.02. The van der Waals surface area contributed by atoms with Gasteiger partial charge in [-0.3, -0.25) is 0 Å². The van der Waals surface area contributed by atoms with Crippen LogP contribution in [-0.4, -0.2) is 16.5 Å². The minimum atomic E-state index is -0.250. The lowest BCUT2D eigenvalue weighted by Gasteiger charge is -2.09. The number of hydrogen-bond donors (Lipinski definition) is 1. The van der Waals surface area contributed by atoms with E-state index in [1.54, 1.807) is 12.3 Å². The number of aryl methyl sites for hydroxylation is 1. The van der Waals surface area contributed by atoms with Crippen molar-refractivity contribution in [1.29, 1.82) is 0 Å². The summed E-state index contributed by atoms with van der Waals surface area (Å²) in [4.78, 5) is 8.69. The van der Waals surface area contributed by atoms with Gasteiger partial charge in [-0.2, -0.15) is 0 Å². The van der Waals surface area contributed by atoms with E-state index in [1.807, 2.05) is 13.8 Å². The van der Waals surface area contributed by atoms with E-state index in [1.165, 1.54) is 12.1 Å². The summed E-state index contributed by atoms with van der Waals surface area (Å²) in [6, 6.07) is 4.60. The molecule has 0 bridgehead atoms. The van der Waals surface area contributed by atoms with Crippen LogP contribution in [0.25, 0.3) is 11.4 Å². The molecule has 0 saturated heterocycles. The first kappa shape index (κ1) is 13.0. The van der Waals surface area contributed by atoms with Gasteiger partial charge < -0.3 is 5.32 Å². The maximum Gasteiger partial charge on any atom is 0.161 e. The van der Waals surface area contributed by atoms with Gasteiger partial charge in [-0.25, -0.2) is 14.4 Å². The molecule has 0 fully saturated rings. The summed E-state index contributed by atoms with van der Waals surface area (Å²) in [5, 5.41) is 3.14. The summed E-state index contributed by atoms with van der Waals surface area (Å²) in [6.07, 6.45) is 1.70. The molecular weight excluding hydrogens is 297 g/mol. The minimum Gasteiger partial charge on any atom is -0.369 e. The number of rotatable bonds is 3. The lowest BCUT2D eigenvalue weighted by atomic mass is 10.1. The predicted octanol–water partition coefficient (Wildman–Crippen LogP) is 3.79. The first-order valence-electron chi connectivity index (χ1n) is 5.64. The summed E-state index contributed by atoms with van der Waals surface area (Å²) >= 11 is 3.39. The molecule has 2 aromatic rings. The average molecular weight is 310 g/mol. The van der Waals surface area contributed by atoms with Crippen LogP contribution in [0.5, 0.6) is 0 Å². The van der Waals surface area contributed by atoms with Gasteiger partial charge in [-0.1, -0.05) is 0 Å². The summed E-state index contributed by atoms with van der Waals surface area (Å²) in [5.74, 6) is 1.08. The minimum absolute atomic E-state index is 0.250. The Morgan fingerprint density at radius 3 is 2.83 bits per heavy atom. The van der Waals surface area contributed by atoms with Gasteiger partial charge >= 0.3 is 0 Å². The molecule has 0 aliphatic carbocycles. The van der Waals surface area contributed by atoms with Crippen molar-refractivity contribution in [1.82, 2.24) is 9.97 Å². The Balaban J connectivity index is 2.47. The average Bonchev–Trinajstić information content (AvgIpc) is 2.33. The van der Waals surface area contributed by atoms with Crippen LogP contribution in [0, 0.1) is 12.7 Å². The number of hydrogen-bond acceptors (Lipinski definition) is 3. The van der Waals surface area contributed by atoms with Crippen LogP contribution >= 0.6 is 15.9 Å². The van der Waals surface area contributed by atoms with Crippen LogP contribution in [-0.2, 0) is 0 Å². The van der Waals surface area contributed by atoms with Crippen LogP contribution in [0.2, 0.25) is 0 Å². The van der Waals surface area contributed by atoms with Crippen LogP contribution in [0.3, 0.4) is 0 Å². The number of benzene rings is 1. The molecule has 2 rings (SSSR count). The number of nitrogens with zero attached hydrogens (tertiary/aromatic N) is 2. The molecular formula is C13H13BrFN3. The topological polar surface area (TPSA) is 37.8 Å². The third kappa shape index (κ3) is 2.67. The highest BCUT2D eigenvalue weighted by Crippen LogP contribution is 2.25. The normalized spacial score (nSPS) is 10.4. The first-order valence-corrected chi connectivity index (χ1v) is 6.44.